The van der Waals surface area contributed by atoms with E-state index >= 15 is 0 Å². The summed E-state index contributed by atoms with van der Waals surface area (Å²) in [6, 6.07) is 11.1. The predicted molar refractivity (Wildman–Crippen MR) is 137 cm³/mol. The maximum Gasteiger partial charge on any atom is 0.339 e. The number of hydrogen-bond acceptors (Lipinski definition) is 7. The van der Waals surface area contributed by atoms with E-state index in [-0.39, 0.29) is 23.5 Å². The second-order valence-electron chi connectivity index (χ2n) is 8.83. The van der Waals surface area contributed by atoms with Gasteiger partial charge in [-0.25, -0.2) is 18.2 Å². The molecule has 182 valence electrons. The van der Waals surface area contributed by atoms with Gasteiger partial charge in [0.15, 0.2) is 16.4 Å². The number of ether oxygens (including phenoxy) is 1. The number of esters is 1. The SMILES string of the molecule is CCN(C(=O)COC(=O)c1c2c(nc3ccccc13)/C(=C\c1cccs1)CC2)[C@@H]1CCS(=O)(=O)C1. The molecule has 0 saturated carbocycles. The molecule has 7 nitrogen and oxygen atoms in total. The molecule has 0 spiro atoms. The minimum atomic E-state index is -3.13. The number of allylic oxidation sites excluding steroid dienone is 1. The molecule has 5 rings (SSSR count). The molecule has 0 bridgehead atoms. The van der Waals surface area contributed by atoms with Crippen LogP contribution in [0.4, 0.5) is 0 Å². The third kappa shape index (κ3) is 4.75. The topological polar surface area (TPSA) is 93.6 Å². The Morgan fingerprint density at radius 3 is 2.74 bits per heavy atom. The highest BCUT2D eigenvalue weighted by atomic mass is 32.2. The molecular weight excluding hydrogens is 484 g/mol. The molecule has 1 fully saturated rings. The molecule has 9 heteroatoms. The Hall–Kier alpha value is -3.04. The Balaban J connectivity index is 1.42. The van der Waals surface area contributed by atoms with Crippen LogP contribution in [-0.4, -0.2) is 60.9 Å². The van der Waals surface area contributed by atoms with E-state index < -0.39 is 22.4 Å². The van der Waals surface area contributed by atoms with Crippen molar-refractivity contribution in [2.24, 2.45) is 0 Å². The summed E-state index contributed by atoms with van der Waals surface area (Å²) in [5.41, 5.74) is 3.90. The number of rotatable bonds is 6. The van der Waals surface area contributed by atoms with E-state index in [0.717, 1.165) is 28.1 Å². The van der Waals surface area contributed by atoms with Crippen molar-refractivity contribution in [3.63, 3.8) is 0 Å². The van der Waals surface area contributed by atoms with Gasteiger partial charge in [0.1, 0.15) is 0 Å². The summed E-state index contributed by atoms with van der Waals surface area (Å²) in [5.74, 6) is -0.892. The van der Waals surface area contributed by atoms with E-state index in [0.29, 0.717) is 35.9 Å². The molecule has 1 aliphatic heterocycles. The van der Waals surface area contributed by atoms with Crippen LogP contribution in [0.1, 0.15) is 46.3 Å². The van der Waals surface area contributed by atoms with Crippen LogP contribution < -0.4 is 0 Å². The van der Waals surface area contributed by atoms with Crippen LogP contribution in [0.15, 0.2) is 41.8 Å². The molecule has 1 aromatic carbocycles. The number of carbonyl (C=O) groups excluding carboxylic acids is 2. The fourth-order valence-corrected chi connectivity index (χ4v) is 7.41. The van der Waals surface area contributed by atoms with Gasteiger partial charge < -0.3 is 9.64 Å². The first-order chi connectivity index (χ1) is 16.9. The second-order valence-corrected chi connectivity index (χ2v) is 12.0. The molecule has 0 radical (unpaired) electrons. The smallest absolute Gasteiger partial charge is 0.339 e. The molecule has 35 heavy (non-hydrogen) atoms. The Morgan fingerprint density at radius 1 is 1.20 bits per heavy atom. The third-order valence-corrected chi connectivity index (χ3v) is 9.21. The molecule has 0 N–H and O–H groups in total. The Kier molecular flexibility index (Phi) is 6.46. The third-order valence-electron chi connectivity index (χ3n) is 6.64. The maximum atomic E-state index is 13.3. The van der Waals surface area contributed by atoms with E-state index in [1.807, 2.05) is 41.8 Å². The van der Waals surface area contributed by atoms with Crippen molar-refractivity contribution in [2.75, 3.05) is 24.7 Å². The molecule has 1 amide bonds. The van der Waals surface area contributed by atoms with Gasteiger partial charge in [-0.2, -0.15) is 0 Å². The molecule has 1 aliphatic carbocycles. The first-order valence-corrected chi connectivity index (χ1v) is 14.4. The van der Waals surface area contributed by atoms with Gasteiger partial charge in [0.05, 0.1) is 28.3 Å². The van der Waals surface area contributed by atoms with Crippen molar-refractivity contribution in [3.8, 4) is 0 Å². The highest BCUT2D eigenvalue weighted by Crippen LogP contribution is 2.38. The van der Waals surface area contributed by atoms with E-state index in [4.69, 9.17) is 9.72 Å². The number of fused-ring (bicyclic) bond motifs is 2. The summed E-state index contributed by atoms with van der Waals surface area (Å²) >= 11 is 1.65. The number of pyridine rings is 1. The fraction of sp³-hybridized carbons (Fsp3) is 0.346. The summed E-state index contributed by atoms with van der Waals surface area (Å²) < 4.78 is 29.3. The summed E-state index contributed by atoms with van der Waals surface area (Å²) in [5, 5.41) is 2.73. The number of likely N-dealkylation sites (N-methyl/N-ethyl adjacent to an activating group) is 1. The number of thiophene rings is 1. The standard InChI is InChI=1S/C26H26N2O5S2/c1-2-28(18-11-13-35(31,32)16-18)23(29)15-33-26(30)24-20-7-3-4-8-22(20)27-25-17(9-10-21(24)25)14-19-6-5-12-34-19/h3-8,12,14,18H,2,9-11,13,15-16H2,1H3/b17-14-/t18-/m1/s1. The van der Waals surface area contributed by atoms with Gasteiger partial charge in [0.2, 0.25) is 0 Å². The molecule has 1 saturated heterocycles. The number of amides is 1. The van der Waals surface area contributed by atoms with E-state index in [2.05, 4.69) is 6.08 Å². The van der Waals surface area contributed by atoms with Gasteiger partial charge in [0.25, 0.3) is 5.91 Å². The van der Waals surface area contributed by atoms with Crippen molar-refractivity contribution in [2.45, 2.75) is 32.2 Å². The highest BCUT2D eigenvalue weighted by Gasteiger charge is 2.34. The van der Waals surface area contributed by atoms with E-state index in [9.17, 15) is 18.0 Å². The van der Waals surface area contributed by atoms with Crippen molar-refractivity contribution in [3.05, 3.63) is 63.5 Å². The van der Waals surface area contributed by atoms with Gasteiger partial charge >= 0.3 is 5.97 Å². The Labute approximate surface area is 208 Å². The summed E-state index contributed by atoms with van der Waals surface area (Å²) in [4.78, 5) is 33.7. The van der Waals surface area contributed by atoms with Crippen molar-refractivity contribution in [1.29, 1.82) is 0 Å². The molecule has 3 aromatic rings. The quantitative estimate of drug-likeness (QED) is 0.466. The minimum absolute atomic E-state index is 0.0393. The van der Waals surface area contributed by atoms with E-state index in [1.165, 1.54) is 4.90 Å². The first kappa shape index (κ1) is 23.7. The zero-order valence-corrected chi connectivity index (χ0v) is 21.0. The average molecular weight is 511 g/mol. The molecule has 0 unspecified atom stereocenters. The monoisotopic (exact) mass is 510 g/mol. The van der Waals surface area contributed by atoms with Crippen LogP contribution in [0, 0.1) is 0 Å². The molecule has 1 atom stereocenters. The van der Waals surface area contributed by atoms with Crippen LogP contribution >= 0.6 is 11.3 Å². The summed E-state index contributed by atoms with van der Waals surface area (Å²) in [6.45, 7) is 1.74. The normalized spacial score (nSPS) is 19.7. The zero-order valence-electron chi connectivity index (χ0n) is 19.4. The van der Waals surface area contributed by atoms with E-state index in [1.54, 1.807) is 18.3 Å². The lowest BCUT2D eigenvalue weighted by atomic mass is 10.0. The first-order valence-electron chi connectivity index (χ1n) is 11.7. The number of sulfone groups is 1. The van der Waals surface area contributed by atoms with Crippen LogP contribution in [-0.2, 0) is 25.8 Å². The Morgan fingerprint density at radius 2 is 2.03 bits per heavy atom. The van der Waals surface area contributed by atoms with Gasteiger partial charge in [-0.05, 0) is 60.9 Å². The van der Waals surface area contributed by atoms with Crippen LogP contribution in [0.2, 0.25) is 0 Å². The van der Waals surface area contributed by atoms with Gasteiger partial charge in [-0.3, -0.25) is 4.79 Å². The fourth-order valence-electron chi connectivity index (χ4n) is 5.00. The minimum Gasteiger partial charge on any atom is -0.452 e. The average Bonchev–Trinajstić information content (AvgIpc) is 3.58. The van der Waals surface area contributed by atoms with Gasteiger partial charge in [-0.15, -0.1) is 11.3 Å². The molecule has 2 aliphatic rings. The van der Waals surface area contributed by atoms with Crippen LogP contribution in [0.3, 0.4) is 0 Å². The van der Waals surface area contributed by atoms with Crippen molar-refractivity contribution in [1.82, 2.24) is 9.88 Å². The van der Waals surface area contributed by atoms with Crippen LogP contribution in [0.5, 0.6) is 0 Å². The lowest BCUT2D eigenvalue weighted by Gasteiger charge is -2.26. The lowest BCUT2D eigenvalue weighted by Crippen LogP contribution is -2.43. The molecule has 2 aromatic heterocycles. The second kappa shape index (κ2) is 9.54. The van der Waals surface area contributed by atoms with Gasteiger partial charge in [0, 0.05) is 22.8 Å². The number of carbonyl (C=O) groups is 2. The molecular formula is C26H26N2O5S2. The Bertz CT molecular complexity index is 1430. The molecule has 3 heterocycles. The number of para-hydroxylation sites is 1. The zero-order chi connectivity index (χ0) is 24.6. The van der Waals surface area contributed by atoms with Crippen LogP contribution in [0.25, 0.3) is 22.6 Å². The highest BCUT2D eigenvalue weighted by molar-refractivity contribution is 7.91. The number of benzene rings is 1. The number of nitrogens with zero attached hydrogens (tertiary/aromatic N) is 2. The number of aromatic nitrogens is 1. The van der Waals surface area contributed by atoms with Crippen molar-refractivity contribution >= 4 is 55.6 Å². The number of hydrogen-bond donors (Lipinski definition) is 0. The summed E-state index contributed by atoms with van der Waals surface area (Å²) in [7, 11) is -3.13. The summed E-state index contributed by atoms with van der Waals surface area (Å²) in [6.07, 6.45) is 3.97. The maximum absolute atomic E-state index is 13.3. The largest absolute Gasteiger partial charge is 0.452 e. The lowest BCUT2D eigenvalue weighted by molar-refractivity contribution is -0.136. The predicted octanol–water partition coefficient (Wildman–Crippen LogP) is 3.98. The van der Waals surface area contributed by atoms with Gasteiger partial charge in [-0.1, -0.05) is 24.3 Å². The van der Waals surface area contributed by atoms with Crippen molar-refractivity contribution < 1.29 is 22.7 Å².